The third kappa shape index (κ3) is 7.43. The van der Waals surface area contributed by atoms with Gasteiger partial charge in [-0.1, -0.05) is 23.4 Å². The molecule has 0 bridgehead atoms. The van der Waals surface area contributed by atoms with Gasteiger partial charge in [0.15, 0.2) is 40.3 Å². The molecule has 1 atom stereocenters. The van der Waals surface area contributed by atoms with Crippen LogP contribution >= 0.6 is 0 Å². The van der Waals surface area contributed by atoms with Crippen LogP contribution in [-0.4, -0.2) is 66.9 Å². The number of carbonyl (C=O) groups is 1. The number of amides is 1. The molecule has 0 fully saturated rings. The standard InChI is InChI=1S/C39H41N3O10/c1-44-31-17-23(38-40-27-12-8-7-11-26(27)39(43)41-38)13-14-29(31)50-15-9-10-16-51-37-34(47-4)20-25(21-35(37)48-5)30-22-28(42-52-30)24-18-32(45-2)36(49-6)33(19-24)46-3/h7-8,11-14,17-22,38,40H,9-10,15-16H2,1-6H3,(H,41,43). The summed E-state index contributed by atoms with van der Waals surface area (Å²) in [5.41, 5.74) is 4.22. The van der Waals surface area contributed by atoms with Gasteiger partial charge in [-0.3, -0.25) is 4.79 Å². The summed E-state index contributed by atoms with van der Waals surface area (Å²) in [6, 6.07) is 22.0. The summed E-state index contributed by atoms with van der Waals surface area (Å²) in [5, 5.41) is 10.6. The molecular weight excluding hydrogens is 670 g/mol. The summed E-state index contributed by atoms with van der Waals surface area (Å²) >= 11 is 0. The molecular formula is C39H41N3O10. The number of aromatic nitrogens is 1. The van der Waals surface area contributed by atoms with E-state index >= 15 is 0 Å². The summed E-state index contributed by atoms with van der Waals surface area (Å²) in [6.45, 7) is 0.839. The molecule has 13 heteroatoms. The molecule has 52 heavy (non-hydrogen) atoms. The van der Waals surface area contributed by atoms with Gasteiger partial charge in [-0.15, -0.1) is 0 Å². The molecule has 1 amide bonds. The largest absolute Gasteiger partial charge is 0.493 e. The van der Waals surface area contributed by atoms with Crippen LogP contribution in [0.4, 0.5) is 5.69 Å². The molecule has 5 aromatic rings. The molecule has 1 aromatic heterocycles. The van der Waals surface area contributed by atoms with Gasteiger partial charge in [0.25, 0.3) is 5.91 Å². The highest BCUT2D eigenvalue weighted by molar-refractivity contribution is 6.01. The molecule has 0 aliphatic carbocycles. The Morgan fingerprint density at radius 2 is 1.23 bits per heavy atom. The number of ether oxygens (including phenoxy) is 8. The summed E-state index contributed by atoms with van der Waals surface area (Å²) in [4.78, 5) is 12.6. The van der Waals surface area contributed by atoms with Crippen molar-refractivity contribution in [3.8, 4) is 68.6 Å². The minimum absolute atomic E-state index is 0.135. The first kappa shape index (κ1) is 35.6. The third-order valence-corrected chi connectivity index (χ3v) is 8.53. The second-order valence-corrected chi connectivity index (χ2v) is 11.6. The number of hydrogen-bond acceptors (Lipinski definition) is 12. The Morgan fingerprint density at radius 1 is 0.615 bits per heavy atom. The fraction of sp³-hybridized carbons (Fsp3) is 0.282. The molecule has 2 heterocycles. The van der Waals surface area contributed by atoms with Gasteiger partial charge < -0.3 is 53.1 Å². The van der Waals surface area contributed by atoms with E-state index in [1.54, 1.807) is 60.9 Å². The van der Waals surface area contributed by atoms with Crippen LogP contribution in [-0.2, 0) is 0 Å². The lowest BCUT2D eigenvalue weighted by atomic mass is 10.1. The van der Waals surface area contributed by atoms with Crippen molar-refractivity contribution in [3.63, 3.8) is 0 Å². The lowest BCUT2D eigenvalue weighted by molar-refractivity contribution is 0.0935. The maximum atomic E-state index is 12.6. The molecule has 13 nitrogen and oxygen atoms in total. The van der Waals surface area contributed by atoms with Crippen molar-refractivity contribution in [1.29, 1.82) is 0 Å². The smallest absolute Gasteiger partial charge is 0.255 e. The van der Waals surface area contributed by atoms with E-state index in [4.69, 9.17) is 42.4 Å². The van der Waals surface area contributed by atoms with Gasteiger partial charge in [0, 0.05) is 22.9 Å². The van der Waals surface area contributed by atoms with E-state index in [1.807, 2.05) is 54.6 Å². The number of methoxy groups -OCH3 is 6. The molecule has 0 saturated heterocycles. The number of para-hydroxylation sites is 1. The Labute approximate surface area is 301 Å². The molecule has 4 aromatic carbocycles. The average Bonchev–Trinajstić information content (AvgIpc) is 3.69. The van der Waals surface area contributed by atoms with Crippen LogP contribution < -0.4 is 48.5 Å². The molecule has 0 saturated carbocycles. The maximum Gasteiger partial charge on any atom is 0.255 e. The number of anilines is 1. The number of unbranched alkanes of at least 4 members (excludes halogenated alkanes) is 1. The number of fused-ring (bicyclic) bond motifs is 1. The molecule has 6 rings (SSSR count). The van der Waals surface area contributed by atoms with Crippen molar-refractivity contribution in [1.82, 2.24) is 10.5 Å². The van der Waals surface area contributed by atoms with Crippen LogP contribution in [0.3, 0.4) is 0 Å². The van der Waals surface area contributed by atoms with E-state index in [0.29, 0.717) is 94.6 Å². The van der Waals surface area contributed by atoms with Gasteiger partial charge >= 0.3 is 0 Å². The maximum absolute atomic E-state index is 12.6. The molecule has 1 aliphatic rings. The second kappa shape index (κ2) is 16.2. The lowest BCUT2D eigenvalue weighted by Crippen LogP contribution is -2.38. The van der Waals surface area contributed by atoms with Crippen molar-refractivity contribution in [2.45, 2.75) is 19.0 Å². The van der Waals surface area contributed by atoms with Crippen molar-refractivity contribution in [2.24, 2.45) is 0 Å². The fourth-order valence-corrected chi connectivity index (χ4v) is 5.86. The highest BCUT2D eigenvalue weighted by Crippen LogP contribution is 2.44. The van der Waals surface area contributed by atoms with E-state index in [2.05, 4.69) is 15.8 Å². The van der Waals surface area contributed by atoms with E-state index < -0.39 is 6.17 Å². The zero-order valence-electron chi connectivity index (χ0n) is 29.9. The van der Waals surface area contributed by atoms with E-state index in [9.17, 15) is 4.79 Å². The quantitative estimate of drug-likeness (QED) is 0.100. The van der Waals surface area contributed by atoms with Gasteiger partial charge in [0.05, 0.1) is 61.4 Å². The topological polar surface area (TPSA) is 141 Å². The van der Waals surface area contributed by atoms with Crippen molar-refractivity contribution < 1.29 is 47.2 Å². The number of nitrogens with one attached hydrogen (secondary N) is 2. The van der Waals surface area contributed by atoms with Crippen LogP contribution in [0.1, 0.15) is 34.9 Å². The minimum atomic E-state index is -0.396. The molecule has 2 N–H and O–H groups in total. The first-order chi connectivity index (χ1) is 25.4. The predicted octanol–water partition coefficient (Wildman–Crippen LogP) is 7.15. The Kier molecular flexibility index (Phi) is 11.1. The Hall–Kier alpha value is -6.24. The highest BCUT2D eigenvalue weighted by atomic mass is 16.5. The van der Waals surface area contributed by atoms with Crippen LogP contribution in [0.15, 0.2) is 77.3 Å². The SMILES string of the molecule is COc1cc(C2NC(=O)c3ccccc3N2)ccc1OCCCCOc1c(OC)cc(-c2cc(-c3cc(OC)c(OC)c(OC)c3)no2)cc1OC. The van der Waals surface area contributed by atoms with E-state index in [0.717, 1.165) is 16.8 Å². The summed E-state index contributed by atoms with van der Waals surface area (Å²) in [6.07, 6.45) is 1.02. The number of carbonyl (C=O) groups excluding carboxylic acids is 1. The first-order valence-electron chi connectivity index (χ1n) is 16.5. The fourth-order valence-electron chi connectivity index (χ4n) is 5.86. The number of nitrogens with zero attached hydrogens (tertiary/aromatic N) is 1. The molecule has 1 aliphatic heterocycles. The summed E-state index contributed by atoms with van der Waals surface area (Å²) in [7, 11) is 9.39. The van der Waals surface area contributed by atoms with Gasteiger partial charge in [-0.25, -0.2) is 0 Å². The Balaban J connectivity index is 1.06. The number of rotatable bonds is 16. The first-order valence-corrected chi connectivity index (χ1v) is 16.5. The second-order valence-electron chi connectivity index (χ2n) is 11.6. The Bertz CT molecular complexity index is 1980. The van der Waals surface area contributed by atoms with Gasteiger partial charge in [-0.2, -0.15) is 0 Å². The van der Waals surface area contributed by atoms with E-state index in [-0.39, 0.29) is 5.91 Å². The molecule has 1 unspecified atom stereocenters. The van der Waals surface area contributed by atoms with Crippen molar-refractivity contribution in [3.05, 3.63) is 83.9 Å². The van der Waals surface area contributed by atoms with Crippen molar-refractivity contribution in [2.75, 3.05) is 61.2 Å². The zero-order chi connectivity index (χ0) is 36.6. The lowest BCUT2D eigenvalue weighted by Gasteiger charge is -2.28. The monoisotopic (exact) mass is 711 g/mol. The van der Waals surface area contributed by atoms with Gasteiger partial charge in [0.1, 0.15) is 11.9 Å². The van der Waals surface area contributed by atoms with Crippen LogP contribution in [0, 0.1) is 0 Å². The third-order valence-electron chi connectivity index (χ3n) is 8.53. The van der Waals surface area contributed by atoms with Crippen LogP contribution in [0.5, 0.6) is 46.0 Å². The summed E-state index contributed by atoms with van der Waals surface area (Å²) < 4.78 is 51.3. The average molecular weight is 712 g/mol. The Morgan fingerprint density at radius 3 is 1.88 bits per heavy atom. The molecule has 0 radical (unpaired) electrons. The highest BCUT2D eigenvalue weighted by Gasteiger charge is 2.25. The van der Waals surface area contributed by atoms with Crippen molar-refractivity contribution >= 4 is 11.6 Å². The molecule has 0 spiro atoms. The van der Waals surface area contributed by atoms with Gasteiger partial charge in [0.2, 0.25) is 11.5 Å². The normalized spacial score (nSPS) is 13.3. The zero-order valence-corrected chi connectivity index (χ0v) is 29.9. The molecule has 272 valence electrons. The van der Waals surface area contributed by atoms with Crippen LogP contribution in [0.25, 0.3) is 22.6 Å². The number of benzene rings is 4. The summed E-state index contributed by atoms with van der Waals surface area (Å²) in [5.74, 6) is 4.46. The number of hydrogen-bond donors (Lipinski definition) is 2. The minimum Gasteiger partial charge on any atom is -0.493 e. The predicted molar refractivity (Wildman–Crippen MR) is 194 cm³/mol. The van der Waals surface area contributed by atoms with Gasteiger partial charge in [-0.05, 0) is 66.9 Å². The van der Waals surface area contributed by atoms with Crippen LogP contribution in [0.2, 0.25) is 0 Å². The van der Waals surface area contributed by atoms with E-state index in [1.165, 1.54) is 0 Å².